The van der Waals surface area contributed by atoms with Crippen molar-refractivity contribution in [1.82, 2.24) is 0 Å². The van der Waals surface area contributed by atoms with Gasteiger partial charge in [0.25, 0.3) is 0 Å². The molecule has 1 aliphatic carbocycles. The Morgan fingerprint density at radius 3 is 2.48 bits per heavy atom. The number of hydrogen-bond acceptors (Lipinski definition) is 3. The number of nitrogens with one attached hydrogen (secondary N) is 1. The fraction of sp³-hybridized carbons (Fsp3) is 0.588. The van der Waals surface area contributed by atoms with Gasteiger partial charge >= 0.3 is 0 Å². The highest BCUT2D eigenvalue weighted by Gasteiger charge is 2.38. The van der Waals surface area contributed by atoms with Crippen LogP contribution in [-0.2, 0) is 4.79 Å². The molecule has 0 saturated heterocycles. The Labute approximate surface area is 126 Å². The number of ether oxygens (including phenoxy) is 1. The molecule has 1 saturated carbocycles. The number of aliphatic hydroxyl groups excluding tert-OH is 1. The minimum atomic E-state index is -0.331. The summed E-state index contributed by atoms with van der Waals surface area (Å²) in [5.41, 5.74) is 0.449. The maximum absolute atomic E-state index is 12.5. The van der Waals surface area contributed by atoms with E-state index in [0.717, 1.165) is 18.5 Å². The van der Waals surface area contributed by atoms with E-state index in [2.05, 4.69) is 5.32 Å². The van der Waals surface area contributed by atoms with Gasteiger partial charge in [-0.3, -0.25) is 4.79 Å². The van der Waals surface area contributed by atoms with Crippen molar-refractivity contribution in [2.45, 2.75) is 39.5 Å². The van der Waals surface area contributed by atoms with Gasteiger partial charge in [-0.15, -0.1) is 0 Å². The van der Waals surface area contributed by atoms with Crippen LogP contribution in [0.2, 0.25) is 0 Å². The summed E-state index contributed by atoms with van der Waals surface area (Å²) >= 11 is 0. The molecule has 0 aromatic heterocycles. The number of carbonyl (C=O) groups is 1. The van der Waals surface area contributed by atoms with Crippen molar-refractivity contribution in [3.8, 4) is 5.75 Å². The quantitative estimate of drug-likeness (QED) is 0.846. The molecule has 0 spiro atoms. The average molecular weight is 291 g/mol. The predicted molar refractivity (Wildman–Crippen MR) is 83.4 cm³/mol. The second-order valence-corrected chi connectivity index (χ2v) is 6.25. The van der Waals surface area contributed by atoms with Gasteiger partial charge in [-0.1, -0.05) is 26.7 Å². The molecule has 1 amide bonds. The van der Waals surface area contributed by atoms with Crippen molar-refractivity contribution >= 4 is 11.6 Å². The van der Waals surface area contributed by atoms with E-state index in [0.29, 0.717) is 11.7 Å². The third kappa shape index (κ3) is 3.97. The van der Waals surface area contributed by atoms with Gasteiger partial charge in [-0.2, -0.15) is 0 Å². The Morgan fingerprint density at radius 1 is 1.29 bits per heavy atom. The second kappa shape index (κ2) is 6.94. The van der Waals surface area contributed by atoms with Gasteiger partial charge in [0.15, 0.2) is 0 Å². The summed E-state index contributed by atoms with van der Waals surface area (Å²) in [5, 5.41) is 11.7. The molecule has 1 fully saturated rings. The molecule has 0 radical (unpaired) electrons. The number of aliphatic hydroxyl groups is 1. The summed E-state index contributed by atoms with van der Waals surface area (Å²) in [7, 11) is 0. The minimum Gasteiger partial charge on any atom is -0.491 e. The van der Waals surface area contributed by atoms with Crippen molar-refractivity contribution in [1.29, 1.82) is 0 Å². The monoisotopic (exact) mass is 291 g/mol. The third-order valence-electron chi connectivity index (χ3n) is 4.43. The molecule has 0 bridgehead atoms. The van der Waals surface area contributed by atoms with Crippen molar-refractivity contribution in [2.75, 3.05) is 18.5 Å². The molecule has 116 valence electrons. The molecule has 21 heavy (non-hydrogen) atoms. The summed E-state index contributed by atoms with van der Waals surface area (Å²) in [6.07, 6.45) is 4.76. The summed E-state index contributed by atoms with van der Waals surface area (Å²) in [4.78, 5) is 12.5. The Hall–Kier alpha value is -1.55. The number of hydrogen-bond donors (Lipinski definition) is 2. The second-order valence-electron chi connectivity index (χ2n) is 6.25. The lowest BCUT2D eigenvalue weighted by Crippen LogP contribution is -2.36. The van der Waals surface area contributed by atoms with E-state index < -0.39 is 0 Å². The lowest BCUT2D eigenvalue weighted by Gasteiger charge is -2.30. The minimum absolute atomic E-state index is 0.00589. The number of rotatable bonds is 6. The predicted octanol–water partition coefficient (Wildman–Crippen LogP) is 3.21. The van der Waals surface area contributed by atoms with Crippen LogP contribution in [0.15, 0.2) is 24.3 Å². The van der Waals surface area contributed by atoms with Gasteiger partial charge in [0.05, 0.1) is 6.61 Å². The maximum atomic E-state index is 12.5. The molecule has 0 unspecified atom stereocenters. The number of carbonyl (C=O) groups excluding carboxylic acids is 1. The third-order valence-corrected chi connectivity index (χ3v) is 4.43. The molecule has 2 rings (SSSR count). The average Bonchev–Trinajstić information content (AvgIpc) is 3.01. The Balaban J connectivity index is 1.95. The zero-order valence-electron chi connectivity index (χ0n) is 12.9. The first kappa shape index (κ1) is 15.8. The van der Waals surface area contributed by atoms with E-state index in [4.69, 9.17) is 9.84 Å². The lowest BCUT2D eigenvalue weighted by atomic mass is 9.77. The van der Waals surface area contributed by atoms with E-state index >= 15 is 0 Å². The van der Waals surface area contributed by atoms with Gasteiger partial charge in [0.2, 0.25) is 5.91 Å². The van der Waals surface area contributed by atoms with E-state index in [1.807, 2.05) is 26.0 Å². The van der Waals surface area contributed by atoms with Gasteiger partial charge < -0.3 is 15.2 Å². The van der Waals surface area contributed by atoms with E-state index in [1.165, 1.54) is 12.8 Å². The van der Waals surface area contributed by atoms with Crippen LogP contribution in [0.3, 0.4) is 0 Å². The van der Waals surface area contributed by atoms with Crippen LogP contribution in [-0.4, -0.2) is 24.2 Å². The van der Waals surface area contributed by atoms with Crippen LogP contribution in [0, 0.1) is 11.3 Å². The van der Waals surface area contributed by atoms with Crippen molar-refractivity contribution in [2.24, 2.45) is 11.3 Å². The molecule has 1 aromatic rings. The molecule has 1 aliphatic rings. The van der Waals surface area contributed by atoms with Crippen LogP contribution < -0.4 is 10.1 Å². The zero-order chi connectivity index (χ0) is 15.3. The van der Waals surface area contributed by atoms with Gasteiger partial charge in [0, 0.05) is 11.1 Å². The standard InChI is InChI=1S/C17H25NO3/c1-17(2,13-5-3-4-6-13)16(20)18-14-7-9-15(10-8-14)21-12-11-19/h7-10,13,19H,3-6,11-12H2,1-2H3,(H,18,20). The topological polar surface area (TPSA) is 58.6 Å². The van der Waals surface area contributed by atoms with Crippen LogP contribution in [0.5, 0.6) is 5.75 Å². The summed E-state index contributed by atoms with van der Waals surface area (Å²) in [5.74, 6) is 1.25. The highest BCUT2D eigenvalue weighted by molar-refractivity contribution is 5.95. The highest BCUT2D eigenvalue weighted by Crippen LogP contribution is 2.40. The first-order valence-electron chi connectivity index (χ1n) is 7.69. The van der Waals surface area contributed by atoms with E-state index in [-0.39, 0.29) is 24.5 Å². The number of amides is 1. The molecular weight excluding hydrogens is 266 g/mol. The molecule has 4 nitrogen and oxygen atoms in total. The molecule has 0 heterocycles. The van der Waals surface area contributed by atoms with Crippen molar-refractivity contribution in [3.05, 3.63) is 24.3 Å². The highest BCUT2D eigenvalue weighted by atomic mass is 16.5. The summed E-state index contributed by atoms with van der Waals surface area (Å²) < 4.78 is 5.30. The number of anilines is 1. The fourth-order valence-electron chi connectivity index (χ4n) is 2.92. The Morgan fingerprint density at radius 2 is 1.90 bits per heavy atom. The maximum Gasteiger partial charge on any atom is 0.230 e. The van der Waals surface area contributed by atoms with Crippen molar-refractivity contribution < 1.29 is 14.6 Å². The van der Waals surface area contributed by atoms with Gasteiger partial charge in [-0.25, -0.2) is 0 Å². The van der Waals surface area contributed by atoms with Crippen LogP contribution in [0.1, 0.15) is 39.5 Å². The normalized spacial score (nSPS) is 16.0. The smallest absolute Gasteiger partial charge is 0.230 e. The molecule has 1 aromatic carbocycles. The van der Waals surface area contributed by atoms with E-state index in [1.54, 1.807) is 12.1 Å². The zero-order valence-corrected chi connectivity index (χ0v) is 12.9. The molecule has 0 aliphatic heterocycles. The summed E-state index contributed by atoms with van der Waals surface area (Å²) in [6.45, 7) is 4.35. The number of benzene rings is 1. The molecular formula is C17H25NO3. The molecule has 4 heteroatoms. The molecule has 0 atom stereocenters. The first-order valence-corrected chi connectivity index (χ1v) is 7.69. The van der Waals surface area contributed by atoms with E-state index in [9.17, 15) is 4.79 Å². The van der Waals surface area contributed by atoms with Gasteiger partial charge in [0.1, 0.15) is 12.4 Å². The summed E-state index contributed by atoms with van der Waals surface area (Å²) in [6, 6.07) is 7.26. The lowest BCUT2D eigenvalue weighted by molar-refractivity contribution is -0.126. The SMILES string of the molecule is CC(C)(C(=O)Nc1ccc(OCCO)cc1)C1CCCC1. The van der Waals surface area contributed by atoms with Crippen LogP contribution in [0.25, 0.3) is 0 Å². The fourth-order valence-corrected chi connectivity index (χ4v) is 2.92. The van der Waals surface area contributed by atoms with Crippen LogP contribution >= 0.6 is 0 Å². The first-order chi connectivity index (χ1) is 10.0. The molecule has 2 N–H and O–H groups in total. The van der Waals surface area contributed by atoms with Gasteiger partial charge in [-0.05, 0) is 43.0 Å². The Bertz CT molecular complexity index is 461. The Kier molecular flexibility index (Phi) is 5.23. The van der Waals surface area contributed by atoms with Crippen LogP contribution in [0.4, 0.5) is 5.69 Å². The largest absolute Gasteiger partial charge is 0.491 e. The van der Waals surface area contributed by atoms with Crippen molar-refractivity contribution in [3.63, 3.8) is 0 Å².